The first kappa shape index (κ1) is 20.0. The third-order valence-corrected chi connectivity index (χ3v) is 3.74. The summed E-state index contributed by atoms with van der Waals surface area (Å²) in [6, 6.07) is 15.1. The number of carbonyl (C=O) groups excluding carboxylic acids is 2. The molecule has 1 N–H and O–H groups in total. The van der Waals surface area contributed by atoms with E-state index in [1.807, 2.05) is 30.3 Å². The van der Waals surface area contributed by atoms with E-state index in [1.165, 1.54) is 13.2 Å². The van der Waals surface area contributed by atoms with Gasteiger partial charge in [-0.3, -0.25) is 4.79 Å². The van der Waals surface area contributed by atoms with Gasteiger partial charge in [0.25, 0.3) is 5.91 Å². The predicted octanol–water partition coefficient (Wildman–Crippen LogP) is 2.62. The Bertz CT molecular complexity index is 786. The number of hydrogen-bond donors (Lipinski definition) is 1. The predicted molar refractivity (Wildman–Crippen MR) is 103 cm³/mol. The van der Waals surface area contributed by atoms with Crippen LogP contribution >= 0.6 is 0 Å². The van der Waals surface area contributed by atoms with Gasteiger partial charge in [0.2, 0.25) is 0 Å². The van der Waals surface area contributed by atoms with Crippen molar-refractivity contribution in [2.75, 3.05) is 27.4 Å². The lowest BCUT2D eigenvalue weighted by Gasteiger charge is -2.07. The average Bonchev–Trinajstić information content (AvgIpc) is 2.71. The molecule has 0 radical (unpaired) electrons. The third-order valence-electron chi connectivity index (χ3n) is 3.74. The Morgan fingerprint density at radius 3 is 2.44 bits per heavy atom. The fraction of sp³-hybridized carbons (Fsp3) is 0.238. The Hall–Kier alpha value is -3.28. The van der Waals surface area contributed by atoms with E-state index in [1.54, 1.807) is 31.4 Å². The van der Waals surface area contributed by atoms with Crippen molar-refractivity contribution in [3.05, 3.63) is 65.7 Å². The standard InChI is InChI=1S/C21H23NO5/c1-25-18-10-8-17(14-19(18)26-2)9-11-21(24)27-15-20(23)22-13-12-16-6-4-3-5-7-16/h3-11,14H,12-13,15H2,1-2H3,(H,22,23)/b11-9+. The molecular weight excluding hydrogens is 346 g/mol. The quantitative estimate of drug-likeness (QED) is 0.543. The highest BCUT2D eigenvalue weighted by Crippen LogP contribution is 2.27. The van der Waals surface area contributed by atoms with Crippen LogP contribution in [-0.2, 0) is 20.7 Å². The summed E-state index contributed by atoms with van der Waals surface area (Å²) in [7, 11) is 3.09. The van der Waals surface area contributed by atoms with E-state index < -0.39 is 5.97 Å². The molecule has 0 aromatic heterocycles. The highest BCUT2D eigenvalue weighted by Gasteiger charge is 2.06. The van der Waals surface area contributed by atoms with Crippen molar-refractivity contribution in [3.8, 4) is 11.5 Å². The number of methoxy groups -OCH3 is 2. The van der Waals surface area contributed by atoms with E-state index in [-0.39, 0.29) is 12.5 Å². The van der Waals surface area contributed by atoms with Gasteiger partial charge in [-0.05, 0) is 35.8 Å². The number of esters is 1. The summed E-state index contributed by atoms with van der Waals surface area (Å²) in [5.74, 6) is 0.233. The molecule has 142 valence electrons. The number of ether oxygens (including phenoxy) is 3. The first-order valence-electron chi connectivity index (χ1n) is 8.50. The number of benzene rings is 2. The van der Waals surface area contributed by atoms with Crippen LogP contribution in [0.3, 0.4) is 0 Å². The van der Waals surface area contributed by atoms with Gasteiger partial charge in [0.05, 0.1) is 14.2 Å². The van der Waals surface area contributed by atoms with E-state index in [0.29, 0.717) is 18.0 Å². The van der Waals surface area contributed by atoms with Crippen LogP contribution in [0.25, 0.3) is 6.08 Å². The number of carbonyl (C=O) groups is 2. The van der Waals surface area contributed by atoms with Crippen LogP contribution in [0.5, 0.6) is 11.5 Å². The summed E-state index contributed by atoms with van der Waals surface area (Å²) >= 11 is 0. The van der Waals surface area contributed by atoms with Gasteiger partial charge in [-0.1, -0.05) is 36.4 Å². The van der Waals surface area contributed by atoms with Crippen LogP contribution in [0.4, 0.5) is 0 Å². The minimum absolute atomic E-state index is 0.316. The van der Waals surface area contributed by atoms with Crippen LogP contribution in [-0.4, -0.2) is 39.2 Å². The second-order valence-corrected chi connectivity index (χ2v) is 5.64. The topological polar surface area (TPSA) is 73.9 Å². The first-order chi connectivity index (χ1) is 13.1. The molecule has 2 rings (SSSR count). The molecule has 2 aromatic carbocycles. The Kier molecular flexibility index (Phi) is 7.91. The summed E-state index contributed by atoms with van der Waals surface area (Å²) in [4.78, 5) is 23.5. The highest BCUT2D eigenvalue weighted by molar-refractivity contribution is 5.89. The van der Waals surface area contributed by atoms with E-state index in [9.17, 15) is 9.59 Å². The van der Waals surface area contributed by atoms with Crippen molar-refractivity contribution in [1.29, 1.82) is 0 Å². The summed E-state index contributed by atoms with van der Waals surface area (Å²) in [5.41, 5.74) is 1.88. The second kappa shape index (κ2) is 10.7. The van der Waals surface area contributed by atoms with Crippen molar-refractivity contribution in [3.63, 3.8) is 0 Å². The largest absolute Gasteiger partial charge is 0.493 e. The molecule has 6 heteroatoms. The summed E-state index contributed by atoms with van der Waals surface area (Å²) in [6.07, 6.45) is 3.57. The van der Waals surface area contributed by atoms with Crippen molar-refractivity contribution in [2.24, 2.45) is 0 Å². The van der Waals surface area contributed by atoms with Gasteiger partial charge in [-0.15, -0.1) is 0 Å². The van der Waals surface area contributed by atoms with Gasteiger partial charge >= 0.3 is 5.97 Å². The molecule has 27 heavy (non-hydrogen) atoms. The molecular formula is C21H23NO5. The molecule has 0 saturated heterocycles. The van der Waals surface area contributed by atoms with Gasteiger partial charge in [0.15, 0.2) is 18.1 Å². The monoisotopic (exact) mass is 369 g/mol. The third kappa shape index (κ3) is 6.86. The zero-order valence-electron chi connectivity index (χ0n) is 15.4. The lowest BCUT2D eigenvalue weighted by molar-refractivity contribution is -0.143. The van der Waals surface area contributed by atoms with Crippen molar-refractivity contribution in [1.82, 2.24) is 5.32 Å². The summed E-state index contributed by atoms with van der Waals surface area (Å²) in [6.45, 7) is 0.172. The maximum Gasteiger partial charge on any atom is 0.331 e. The normalized spacial score (nSPS) is 10.4. The van der Waals surface area contributed by atoms with Crippen molar-refractivity contribution in [2.45, 2.75) is 6.42 Å². The Morgan fingerprint density at radius 1 is 1.00 bits per heavy atom. The molecule has 0 fully saturated rings. The highest BCUT2D eigenvalue weighted by atomic mass is 16.5. The molecule has 0 aliphatic heterocycles. The maximum absolute atomic E-state index is 11.7. The Balaban J connectivity index is 1.73. The van der Waals surface area contributed by atoms with Crippen molar-refractivity contribution < 1.29 is 23.8 Å². The molecule has 1 amide bonds. The SMILES string of the molecule is COc1ccc(/C=C/C(=O)OCC(=O)NCCc2ccccc2)cc1OC. The fourth-order valence-corrected chi connectivity index (χ4v) is 2.35. The van der Waals surface area contributed by atoms with Crippen LogP contribution in [0.15, 0.2) is 54.6 Å². The maximum atomic E-state index is 11.7. The molecule has 6 nitrogen and oxygen atoms in total. The van der Waals surface area contributed by atoms with Crippen LogP contribution < -0.4 is 14.8 Å². The molecule has 0 saturated carbocycles. The van der Waals surface area contributed by atoms with E-state index >= 15 is 0 Å². The average molecular weight is 369 g/mol. The molecule has 0 atom stereocenters. The summed E-state index contributed by atoms with van der Waals surface area (Å²) < 4.78 is 15.3. The second-order valence-electron chi connectivity index (χ2n) is 5.64. The van der Waals surface area contributed by atoms with Crippen LogP contribution in [0.1, 0.15) is 11.1 Å². The first-order valence-corrected chi connectivity index (χ1v) is 8.50. The number of rotatable bonds is 9. The zero-order chi connectivity index (χ0) is 19.5. The zero-order valence-corrected chi connectivity index (χ0v) is 15.4. The van der Waals surface area contributed by atoms with Crippen LogP contribution in [0.2, 0.25) is 0 Å². The van der Waals surface area contributed by atoms with E-state index in [2.05, 4.69) is 5.32 Å². The number of hydrogen-bond acceptors (Lipinski definition) is 5. The summed E-state index contributed by atoms with van der Waals surface area (Å²) in [5, 5.41) is 2.72. The minimum atomic E-state index is -0.594. The smallest absolute Gasteiger partial charge is 0.331 e. The van der Waals surface area contributed by atoms with Crippen molar-refractivity contribution >= 4 is 18.0 Å². The molecule has 0 aliphatic rings. The molecule has 0 spiro atoms. The molecule has 0 bridgehead atoms. The van der Waals surface area contributed by atoms with Gasteiger partial charge in [0.1, 0.15) is 0 Å². The van der Waals surface area contributed by atoms with Crippen LogP contribution in [0, 0.1) is 0 Å². The lowest BCUT2D eigenvalue weighted by Crippen LogP contribution is -2.30. The molecule has 0 unspecified atom stereocenters. The van der Waals surface area contributed by atoms with Gasteiger partial charge in [-0.25, -0.2) is 4.79 Å². The lowest BCUT2D eigenvalue weighted by atomic mass is 10.1. The number of nitrogens with one attached hydrogen (secondary N) is 1. The fourth-order valence-electron chi connectivity index (χ4n) is 2.35. The van der Waals surface area contributed by atoms with Gasteiger partial charge in [-0.2, -0.15) is 0 Å². The Labute approximate surface area is 158 Å². The number of amides is 1. The van der Waals surface area contributed by atoms with Gasteiger partial charge in [0, 0.05) is 12.6 Å². The molecule has 0 heterocycles. The Morgan fingerprint density at radius 2 is 1.74 bits per heavy atom. The molecule has 0 aliphatic carbocycles. The van der Waals surface area contributed by atoms with E-state index in [0.717, 1.165) is 17.5 Å². The van der Waals surface area contributed by atoms with E-state index in [4.69, 9.17) is 14.2 Å². The molecule has 2 aromatic rings. The van der Waals surface area contributed by atoms with Gasteiger partial charge < -0.3 is 19.5 Å². The minimum Gasteiger partial charge on any atom is -0.493 e.